The summed E-state index contributed by atoms with van der Waals surface area (Å²) in [6.45, 7) is 2.79. The van der Waals surface area contributed by atoms with Gasteiger partial charge in [-0.05, 0) is 23.8 Å². The van der Waals surface area contributed by atoms with Crippen LogP contribution in [0.3, 0.4) is 0 Å². The molecule has 1 aliphatic heterocycles. The first kappa shape index (κ1) is 21.5. The number of nitrogens with one attached hydrogen (secondary N) is 2. The smallest absolute Gasteiger partial charge is 0.268 e. The Morgan fingerprint density at radius 1 is 1.26 bits per heavy atom. The summed E-state index contributed by atoms with van der Waals surface area (Å²) in [7, 11) is 0. The number of nitriles is 1. The number of hydrogen-bond acceptors (Lipinski definition) is 4. The molecule has 2 N–H and O–H groups in total. The molecule has 5 nitrogen and oxygen atoms in total. The molecule has 31 heavy (non-hydrogen) atoms. The van der Waals surface area contributed by atoms with Crippen LogP contribution in [-0.2, 0) is 24.3 Å². The number of amides is 1. The van der Waals surface area contributed by atoms with Crippen LogP contribution in [-0.4, -0.2) is 17.4 Å². The van der Waals surface area contributed by atoms with Crippen LogP contribution in [0, 0.1) is 11.3 Å². The number of carbonyl (C=O) groups excluding carboxylic acids is 1. The summed E-state index contributed by atoms with van der Waals surface area (Å²) < 4.78 is 0. The Morgan fingerprint density at radius 3 is 2.81 bits per heavy atom. The van der Waals surface area contributed by atoms with Crippen LogP contribution in [0.1, 0.15) is 21.7 Å². The average molecular weight is 470 g/mol. The van der Waals surface area contributed by atoms with Crippen molar-refractivity contribution in [1.82, 2.24) is 4.98 Å². The van der Waals surface area contributed by atoms with Crippen LogP contribution in [0.5, 0.6) is 0 Å². The maximum atomic E-state index is 12.6. The van der Waals surface area contributed by atoms with Crippen molar-refractivity contribution >= 4 is 51.7 Å². The fourth-order valence-electron chi connectivity index (χ4n) is 3.51. The summed E-state index contributed by atoms with van der Waals surface area (Å²) in [5.74, 6) is -0.506. The second kappa shape index (κ2) is 9.63. The molecule has 4 rings (SSSR count). The molecule has 0 radical (unpaired) electrons. The number of thiazole rings is 1. The van der Waals surface area contributed by atoms with Crippen molar-refractivity contribution < 1.29 is 9.69 Å². The molecule has 1 aromatic heterocycles. The van der Waals surface area contributed by atoms with E-state index in [-0.39, 0.29) is 5.57 Å². The van der Waals surface area contributed by atoms with Crippen LogP contribution in [0.4, 0.5) is 5.13 Å². The predicted molar refractivity (Wildman–Crippen MR) is 124 cm³/mol. The fourth-order valence-corrected chi connectivity index (χ4v) is 4.94. The van der Waals surface area contributed by atoms with Gasteiger partial charge in [0.2, 0.25) is 0 Å². The van der Waals surface area contributed by atoms with Gasteiger partial charge in [0.15, 0.2) is 5.13 Å². The molecule has 2 heterocycles. The fraction of sp³-hybridized carbons (Fsp3) is 0.174. The van der Waals surface area contributed by atoms with Crippen molar-refractivity contribution in [2.24, 2.45) is 0 Å². The van der Waals surface area contributed by atoms with E-state index in [9.17, 15) is 10.1 Å². The molecular weight excluding hydrogens is 451 g/mol. The molecule has 156 valence electrons. The van der Waals surface area contributed by atoms with Crippen molar-refractivity contribution in [3.05, 3.63) is 85.8 Å². The number of anilines is 1. The van der Waals surface area contributed by atoms with Gasteiger partial charge in [-0.25, -0.2) is 4.98 Å². The number of carbonyl (C=O) groups is 1. The number of hydrogen-bond donors (Lipinski definition) is 2. The van der Waals surface area contributed by atoms with E-state index in [1.807, 2.05) is 12.1 Å². The minimum Gasteiger partial charge on any atom is -0.326 e. The molecule has 0 spiro atoms. The summed E-state index contributed by atoms with van der Waals surface area (Å²) in [6.07, 6.45) is 2.37. The molecule has 8 heteroatoms. The van der Waals surface area contributed by atoms with Gasteiger partial charge in [-0.1, -0.05) is 59.6 Å². The second-order valence-electron chi connectivity index (χ2n) is 7.27. The molecule has 0 saturated heterocycles. The number of nitrogens with zero attached hydrogens (tertiary/aromatic N) is 2. The standard InChI is InChI=1S/C23H18Cl2N4OS/c24-18-7-6-16(19(25)11-18)10-17(12-26)22(30)28-23-27-20-14-29(9-8-21(20)31-23)13-15-4-2-1-3-5-15/h1-7,10-11H,8-9,13-14H2,(H,27,28,30)/p+1/b17-10+. The van der Waals surface area contributed by atoms with E-state index in [1.165, 1.54) is 32.8 Å². The third-order valence-corrected chi connectivity index (χ3v) is 6.68. The lowest BCUT2D eigenvalue weighted by Crippen LogP contribution is -3.10. The second-order valence-corrected chi connectivity index (χ2v) is 9.20. The summed E-state index contributed by atoms with van der Waals surface area (Å²) in [5, 5.41) is 13.6. The summed E-state index contributed by atoms with van der Waals surface area (Å²) >= 11 is 13.5. The number of halogens is 2. The van der Waals surface area contributed by atoms with Crippen molar-refractivity contribution in [3.8, 4) is 6.07 Å². The third-order valence-electron chi connectivity index (χ3n) is 5.05. The van der Waals surface area contributed by atoms with Gasteiger partial charge in [0, 0.05) is 26.9 Å². The van der Waals surface area contributed by atoms with Crippen LogP contribution < -0.4 is 10.2 Å². The highest BCUT2D eigenvalue weighted by atomic mass is 35.5. The first-order chi connectivity index (χ1) is 15.0. The van der Waals surface area contributed by atoms with E-state index in [2.05, 4.69) is 34.6 Å². The van der Waals surface area contributed by atoms with Crippen molar-refractivity contribution in [1.29, 1.82) is 5.26 Å². The molecular formula is C23H19Cl2N4OS+. The average Bonchev–Trinajstić information content (AvgIpc) is 3.15. The Balaban J connectivity index is 1.45. The molecule has 1 aliphatic rings. The lowest BCUT2D eigenvalue weighted by molar-refractivity contribution is -0.929. The first-order valence-electron chi connectivity index (χ1n) is 9.76. The molecule has 3 aromatic rings. The molecule has 1 unspecified atom stereocenters. The number of quaternary nitrogens is 1. The maximum absolute atomic E-state index is 12.6. The summed E-state index contributed by atoms with van der Waals surface area (Å²) in [4.78, 5) is 19.9. The Labute approximate surface area is 194 Å². The van der Waals surface area contributed by atoms with Gasteiger partial charge in [0.1, 0.15) is 30.4 Å². The Hall–Kier alpha value is -2.69. The highest BCUT2D eigenvalue weighted by molar-refractivity contribution is 7.15. The molecule has 0 aliphatic carbocycles. The van der Waals surface area contributed by atoms with Crippen molar-refractivity contribution in [3.63, 3.8) is 0 Å². The van der Waals surface area contributed by atoms with Crippen molar-refractivity contribution in [2.75, 3.05) is 11.9 Å². The maximum Gasteiger partial charge on any atom is 0.268 e. The SMILES string of the molecule is N#C/C(=C\c1ccc(Cl)cc1Cl)C(=O)Nc1nc2c(s1)CC[NH+](Cc1ccccc1)C2. The number of rotatable bonds is 5. The summed E-state index contributed by atoms with van der Waals surface area (Å²) in [6, 6.07) is 17.2. The van der Waals surface area contributed by atoms with Gasteiger partial charge in [-0.2, -0.15) is 5.26 Å². The van der Waals surface area contributed by atoms with Gasteiger partial charge in [-0.15, -0.1) is 11.3 Å². The van der Waals surface area contributed by atoms with Crippen LogP contribution >= 0.6 is 34.5 Å². The van der Waals surface area contributed by atoms with Crippen LogP contribution in [0.15, 0.2) is 54.1 Å². The Bertz CT molecular complexity index is 1180. The third kappa shape index (κ3) is 5.33. The van der Waals surface area contributed by atoms with Crippen molar-refractivity contribution in [2.45, 2.75) is 19.5 Å². The number of benzene rings is 2. The van der Waals surface area contributed by atoms with Gasteiger partial charge < -0.3 is 4.90 Å². The van der Waals surface area contributed by atoms with Gasteiger partial charge >= 0.3 is 0 Å². The van der Waals surface area contributed by atoms with Gasteiger partial charge in [0.25, 0.3) is 5.91 Å². The quantitative estimate of drug-likeness (QED) is 0.435. The van der Waals surface area contributed by atoms with E-state index >= 15 is 0 Å². The molecule has 1 atom stereocenters. The highest BCUT2D eigenvalue weighted by Crippen LogP contribution is 2.26. The lowest BCUT2D eigenvalue weighted by Gasteiger charge is -2.22. The minimum atomic E-state index is -0.506. The zero-order chi connectivity index (χ0) is 21.8. The van der Waals surface area contributed by atoms with E-state index in [0.29, 0.717) is 20.7 Å². The largest absolute Gasteiger partial charge is 0.326 e. The van der Waals surface area contributed by atoms with Gasteiger partial charge in [-0.3, -0.25) is 10.1 Å². The first-order valence-corrected chi connectivity index (χ1v) is 11.3. The Kier molecular flexibility index (Phi) is 6.69. The van der Waals surface area contributed by atoms with E-state index in [4.69, 9.17) is 23.2 Å². The van der Waals surface area contributed by atoms with Crippen LogP contribution in [0.2, 0.25) is 10.0 Å². The molecule has 0 bridgehead atoms. The monoisotopic (exact) mass is 469 g/mol. The van der Waals surface area contributed by atoms with Crippen LogP contribution in [0.25, 0.3) is 6.08 Å². The van der Waals surface area contributed by atoms with E-state index in [0.717, 1.165) is 31.7 Å². The van der Waals surface area contributed by atoms with E-state index in [1.54, 1.807) is 18.2 Å². The normalized spacial score (nSPS) is 15.8. The number of aromatic nitrogens is 1. The molecule has 0 fully saturated rings. The van der Waals surface area contributed by atoms with E-state index < -0.39 is 5.91 Å². The predicted octanol–water partition coefficient (Wildman–Crippen LogP) is 4.14. The number of fused-ring (bicyclic) bond motifs is 1. The lowest BCUT2D eigenvalue weighted by atomic mass is 10.1. The zero-order valence-corrected chi connectivity index (χ0v) is 18.8. The zero-order valence-electron chi connectivity index (χ0n) is 16.5. The molecule has 2 aromatic carbocycles. The summed E-state index contributed by atoms with van der Waals surface area (Å²) in [5.41, 5.74) is 2.82. The Morgan fingerprint density at radius 2 is 2.06 bits per heavy atom. The minimum absolute atomic E-state index is 0.0475. The topological polar surface area (TPSA) is 70.2 Å². The highest BCUT2D eigenvalue weighted by Gasteiger charge is 2.24. The van der Waals surface area contributed by atoms with Gasteiger partial charge in [0.05, 0.1) is 6.54 Å². The molecule has 1 amide bonds. The molecule has 0 saturated carbocycles.